The smallest absolute Gasteiger partial charge is 0.0808 e. The molecule has 94 valence electrons. The van der Waals surface area contributed by atoms with Gasteiger partial charge in [-0.05, 0) is 17.0 Å². The molecule has 0 spiro atoms. The first-order valence-corrected chi connectivity index (χ1v) is 6.20. The molecule has 0 fully saturated rings. The Hall–Kier alpha value is -1.35. The van der Waals surface area contributed by atoms with E-state index in [0.717, 1.165) is 13.0 Å². The van der Waals surface area contributed by atoms with Crippen LogP contribution < -0.4 is 10.4 Å². The topological polar surface area (TPSA) is 56.7 Å². The van der Waals surface area contributed by atoms with Crippen molar-refractivity contribution in [1.82, 2.24) is 0 Å². The van der Waals surface area contributed by atoms with Gasteiger partial charge in [0.2, 0.25) is 0 Å². The molecule has 0 aliphatic rings. The molecule has 2 N–H and O–H groups in total. The molecular formula is C14H21NO2. The van der Waals surface area contributed by atoms with Crippen molar-refractivity contribution in [1.29, 1.82) is 0 Å². The van der Waals surface area contributed by atoms with Crippen molar-refractivity contribution in [2.45, 2.75) is 32.6 Å². The van der Waals surface area contributed by atoms with Crippen LogP contribution in [0.1, 0.15) is 37.3 Å². The van der Waals surface area contributed by atoms with Gasteiger partial charge >= 0.3 is 0 Å². The van der Waals surface area contributed by atoms with E-state index in [0.29, 0.717) is 12.5 Å². The maximum absolute atomic E-state index is 10.2. The summed E-state index contributed by atoms with van der Waals surface area (Å²) in [6.45, 7) is 5.89. The van der Waals surface area contributed by atoms with Crippen LogP contribution in [0.15, 0.2) is 24.3 Å². The maximum atomic E-state index is 10.2. The lowest BCUT2D eigenvalue weighted by Gasteiger charge is -2.07. The van der Waals surface area contributed by atoms with Crippen molar-refractivity contribution < 1.29 is 15.2 Å². The predicted octanol–water partition coefficient (Wildman–Crippen LogP) is 0.0559. The summed E-state index contributed by atoms with van der Waals surface area (Å²) >= 11 is 0. The van der Waals surface area contributed by atoms with Gasteiger partial charge in [-0.1, -0.05) is 38.1 Å². The monoisotopic (exact) mass is 235 g/mol. The van der Waals surface area contributed by atoms with Crippen molar-refractivity contribution in [3.8, 4) is 0 Å². The molecule has 17 heavy (non-hydrogen) atoms. The summed E-state index contributed by atoms with van der Waals surface area (Å²) in [6, 6.07) is 8.65. The second-order valence-corrected chi connectivity index (χ2v) is 4.63. The third kappa shape index (κ3) is 5.50. The normalized spacial score (nSPS) is 10.8. The summed E-state index contributed by atoms with van der Waals surface area (Å²) in [6.07, 6.45) is 1.11. The van der Waals surface area contributed by atoms with Crippen LogP contribution in [0.25, 0.3) is 0 Å². The zero-order valence-electron chi connectivity index (χ0n) is 10.6. The Morgan fingerprint density at radius 3 is 2.41 bits per heavy atom. The summed E-state index contributed by atoms with van der Waals surface area (Å²) in [7, 11) is 0. The van der Waals surface area contributed by atoms with Gasteiger partial charge in [0.25, 0.3) is 0 Å². The lowest BCUT2D eigenvalue weighted by molar-refractivity contribution is -0.653. The SMILES string of the molecule is CC(C)c1ccc(CC[NH2+]CCC(=O)[O-])cc1. The van der Waals surface area contributed by atoms with Crippen LogP contribution in [0.2, 0.25) is 0 Å². The lowest BCUT2D eigenvalue weighted by atomic mass is 10.0. The van der Waals surface area contributed by atoms with Crippen LogP contribution in [0.5, 0.6) is 0 Å². The molecule has 0 amide bonds. The van der Waals surface area contributed by atoms with E-state index in [-0.39, 0.29) is 6.42 Å². The highest BCUT2D eigenvalue weighted by molar-refractivity contribution is 5.64. The first-order chi connectivity index (χ1) is 8.09. The fraction of sp³-hybridized carbons (Fsp3) is 0.500. The molecule has 0 saturated carbocycles. The van der Waals surface area contributed by atoms with E-state index in [9.17, 15) is 9.90 Å². The van der Waals surface area contributed by atoms with Gasteiger partial charge in [0.1, 0.15) is 0 Å². The number of benzene rings is 1. The molecule has 0 unspecified atom stereocenters. The first kappa shape index (κ1) is 13.7. The van der Waals surface area contributed by atoms with Crippen molar-refractivity contribution >= 4 is 5.97 Å². The molecule has 0 bridgehead atoms. The Kier molecular flexibility index (Phi) is 5.70. The molecule has 0 radical (unpaired) electrons. The Labute approximate surface area is 103 Å². The summed E-state index contributed by atoms with van der Waals surface area (Å²) in [5.74, 6) is -0.402. The largest absolute Gasteiger partial charge is 0.550 e. The quantitative estimate of drug-likeness (QED) is 0.679. The molecule has 0 heterocycles. The fourth-order valence-electron chi connectivity index (χ4n) is 1.70. The van der Waals surface area contributed by atoms with Crippen LogP contribution in [0.3, 0.4) is 0 Å². The number of quaternary nitrogens is 1. The van der Waals surface area contributed by atoms with Crippen molar-refractivity contribution in [3.05, 3.63) is 35.4 Å². The Balaban J connectivity index is 2.25. The minimum atomic E-state index is -0.970. The highest BCUT2D eigenvalue weighted by Crippen LogP contribution is 2.14. The van der Waals surface area contributed by atoms with Crippen LogP contribution in [-0.2, 0) is 11.2 Å². The average Bonchev–Trinajstić information content (AvgIpc) is 2.29. The average molecular weight is 235 g/mol. The van der Waals surface area contributed by atoms with E-state index in [1.807, 2.05) is 5.32 Å². The second kappa shape index (κ2) is 7.07. The molecule has 0 aliphatic carbocycles. The van der Waals surface area contributed by atoms with Gasteiger partial charge in [-0.15, -0.1) is 0 Å². The molecule has 1 rings (SSSR count). The zero-order valence-corrected chi connectivity index (χ0v) is 10.6. The Bertz CT molecular complexity index is 344. The molecule has 3 heteroatoms. The summed E-state index contributed by atoms with van der Waals surface area (Å²) in [4.78, 5) is 10.2. The number of carbonyl (C=O) groups is 1. The predicted molar refractivity (Wildman–Crippen MR) is 65.5 cm³/mol. The van der Waals surface area contributed by atoms with Gasteiger partial charge in [-0.25, -0.2) is 0 Å². The number of rotatable bonds is 7. The van der Waals surface area contributed by atoms with Crippen LogP contribution in [0.4, 0.5) is 0 Å². The number of carbonyl (C=O) groups excluding carboxylic acids is 1. The molecule has 0 aliphatic heterocycles. The van der Waals surface area contributed by atoms with Crippen LogP contribution in [-0.4, -0.2) is 19.1 Å². The standard InChI is InChI=1S/C14H21NO2/c1-11(2)13-5-3-12(4-6-13)7-9-15-10-8-14(16)17/h3-6,11,15H,7-10H2,1-2H3,(H,16,17). The minimum Gasteiger partial charge on any atom is -0.550 e. The molecule has 0 atom stereocenters. The first-order valence-electron chi connectivity index (χ1n) is 6.20. The number of hydrogen-bond acceptors (Lipinski definition) is 2. The third-order valence-corrected chi connectivity index (χ3v) is 2.84. The van der Waals surface area contributed by atoms with E-state index in [1.165, 1.54) is 11.1 Å². The van der Waals surface area contributed by atoms with Crippen molar-refractivity contribution in [2.75, 3.05) is 13.1 Å². The summed E-state index contributed by atoms with van der Waals surface area (Å²) in [5.41, 5.74) is 2.66. The molecule has 3 nitrogen and oxygen atoms in total. The molecule has 1 aromatic carbocycles. The molecule has 1 aromatic rings. The number of aliphatic carboxylic acids is 1. The Morgan fingerprint density at radius 2 is 1.88 bits per heavy atom. The maximum Gasteiger partial charge on any atom is 0.0808 e. The highest BCUT2D eigenvalue weighted by Gasteiger charge is 1.99. The van der Waals surface area contributed by atoms with Crippen molar-refractivity contribution in [2.24, 2.45) is 0 Å². The van der Waals surface area contributed by atoms with Crippen LogP contribution in [0, 0.1) is 0 Å². The third-order valence-electron chi connectivity index (χ3n) is 2.84. The molecular weight excluding hydrogens is 214 g/mol. The van der Waals surface area contributed by atoms with Crippen LogP contribution >= 0.6 is 0 Å². The number of carboxylic acid groups (broad SMARTS) is 1. The van der Waals surface area contributed by atoms with E-state index in [1.54, 1.807) is 0 Å². The zero-order chi connectivity index (χ0) is 12.7. The van der Waals surface area contributed by atoms with Gasteiger partial charge in [0.05, 0.1) is 13.1 Å². The minimum absolute atomic E-state index is 0.131. The van der Waals surface area contributed by atoms with Crippen molar-refractivity contribution in [3.63, 3.8) is 0 Å². The van der Waals surface area contributed by atoms with E-state index in [4.69, 9.17) is 0 Å². The Morgan fingerprint density at radius 1 is 1.24 bits per heavy atom. The number of hydrogen-bond donors (Lipinski definition) is 1. The van der Waals surface area contributed by atoms with E-state index in [2.05, 4.69) is 38.1 Å². The highest BCUT2D eigenvalue weighted by atomic mass is 16.4. The molecule has 0 saturated heterocycles. The van der Waals surface area contributed by atoms with Gasteiger partial charge in [-0.3, -0.25) is 0 Å². The summed E-state index contributed by atoms with van der Waals surface area (Å²) < 4.78 is 0. The molecule has 0 aromatic heterocycles. The van der Waals surface area contributed by atoms with E-state index >= 15 is 0 Å². The number of nitrogens with two attached hydrogens (primary N) is 1. The lowest BCUT2D eigenvalue weighted by Crippen LogP contribution is -2.85. The fourth-order valence-corrected chi connectivity index (χ4v) is 1.70. The van der Waals surface area contributed by atoms with Gasteiger partial charge in [-0.2, -0.15) is 0 Å². The second-order valence-electron chi connectivity index (χ2n) is 4.63. The van der Waals surface area contributed by atoms with Gasteiger partial charge < -0.3 is 15.2 Å². The van der Waals surface area contributed by atoms with Gasteiger partial charge in [0.15, 0.2) is 0 Å². The summed E-state index contributed by atoms with van der Waals surface area (Å²) in [5, 5.41) is 12.2. The number of carboxylic acids is 1. The van der Waals surface area contributed by atoms with E-state index < -0.39 is 5.97 Å². The van der Waals surface area contributed by atoms with Gasteiger partial charge in [0, 0.05) is 18.8 Å².